The zero-order chi connectivity index (χ0) is 71.6. The minimum Gasteiger partial charge on any atom is -0.454 e. The highest BCUT2D eigenvalue weighted by atomic mass is 16.8. The fourth-order valence-corrected chi connectivity index (χ4v) is 19.2. The third kappa shape index (κ3) is 12.9. The molecule has 11 rings (SSSR count). The van der Waals surface area contributed by atoms with Crippen molar-refractivity contribution >= 4 is 11.9 Å². The third-order valence-electron chi connectivity index (χ3n) is 24.9. The first kappa shape index (κ1) is 76.6. The first-order valence-electron chi connectivity index (χ1n) is 34.1. The van der Waals surface area contributed by atoms with Crippen molar-refractivity contribution in [3.05, 3.63) is 11.6 Å². The zero-order valence-corrected chi connectivity index (χ0v) is 56.3. The Hall–Kier alpha value is -2.48. The number of allylic oxidation sites excluding steroid dienone is 2. The van der Waals surface area contributed by atoms with Gasteiger partial charge in [-0.3, -0.25) is 9.59 Å². The first-order chi connectivity index (χ1) is 45.9. The van der Waals surface area contributed by atoms with E-state index in [0.29, 0.717) is 32.1 Å². The largest absolute Gasteiger partial charge is 0.454 e. The Kier molecular flexibility index (Phi) is 22.2. The van der Waals surface area contributed by atoms with Gasteiger partial charge >= 0.3 is 11.9 Å². The third-order valence-corrected chi connectivity index (χ3v) is 24.9. The number of carbonyl (C=O) groups is 2. The molecule has 0 bridgehead atoms. The van der Waals surface area contributed by atoms with E-state index in [1.165, 1.54) is 6.92 Å². The zero-order valence-electron chi connectivity index (χ0n) is 56.3. The summed E-state index contributed by atoms with van der Waals surface area (Å²) in [6.45, 7) is 10.0. The van der Waals surface area contributed by atoms with Gasteiger partial charge < -0.3 is 153 Å². The summed E-state index contributed by atoms with van der Waals surface area (Å²) in [6.07, 6.45) is -42.3. The van der Waals surface area contributed by atoms with Crippen LogP contribution < -0.4 is 0 Å². The number of hydrogen-bond donors (Lipinski definition) is 18. The lowest BCUT2D eigenvalue weighted by molar-refractivity contribution is -0.375. The molecular formula is C65H104O33. The Morgan fingerprint density at radius 2 is 1.15 bits per heavy atom. The van der Waals surface area contributed by atoms with Crippen molar-refractivity contribution in [1.82, 2.24) is 0 Å². The predicted molar refractivity (Wildman–Crippen MR) is 322 cm³/mol. The minimum atomic E-state index is -2.10. The normalized spacial score (nSPS) is 54.1. The molecule has 562 valence electrons. The van der Waals surface area contributed by atoms with Crippen LogP contribution in [0.4, 0.5) is 0 Å². The molecule has 98 heavy (non-hydrogen) atoms. The highest BCUT2D eigenvalue weighted by Gasteiger charge is 2.74. The molecule has 6 heterocycles. The summed E-state index contributed by atoms with van der Waals surface area (Å²) < 4.78 is 76.7. The fraction of sp³-hybridized carbons (Fsp3) is 0.938. The Bertz CT molecular complexity index is 2820. The van der Waals surface area contributed by atoms with Crippen LogP contribution in [0, 0.1) is 50.2 Å². The van der Waals surface area contributed by atoms with Crippen molar-refractivity contribution in [3.63, 3.8) is 0 Å². The molecule has 0 aromatic rings. The van der Waals surface area contributed by atoms with Gasteiger partial charge in [0.1, 0.15) is 109 Å². The maximum absolute atomic E-state index is 15.7. The van der Waals surface area contributed by atoms with Crippen LogP contribution in [0.3, 0.4) is 0 Å². The van der Waals surface area contributed by atoms with Gasteiger partial charge in [0.2, 0.25) is 6.29 Å². The van der Waals surface area contributed by atoms with Crippen LogP contribution >= 0.6 is 0 Å². The van der Waals surface area contributed by atoms with Crippen LogP contribution in [0.15, 0.2) is 11.6 Å². The van der Waals surface area contributed by atoms with Gasteiger partial charge in [-0.2, -0.15) is 0 Å². The van der Waals surface area contributed by atoms with E-state index in [9.17, 15) is 96.7 Å². The molecule has 0 aromatic carbocycles. The predicted octanol–water partition coefficient (Wildman–Crippen LogP) is -5.96. The minimum absolute atomic E-state index is 0.0569. The van der Waals surface area contributed by atoms with Gasteiger partial charge in [0.25, 0.3) is 0 Å². The molecule has 0 radical (unpaired) electrons. The second-order valence-corrected chi connectivity index (χ2v) is 31.4. The summed E-state index contributed by atoms with van der Waals surface area (Å²) in [4.78, 5) is 28.4. The number of ether oxygens (including phenoxy) is 13. The van der Waals surface area contributed by atoms with Crippen LogP contribution in [-0.4, -0.2) is 328 Å². The summed E-state index contributed by atoms with van der Waals surface area (Å²) >= 11 is 0. The molecule has 0 spiro atoms. The molecule has 33 nitrogen and oxygen atoms in total. The number of carbonyl (C=O) groups excluding carboxylic acids is 2. The van der Waals surface area contributed by atoms with Gasteiger partial charge in [0.15, 0.2) is 43.7 Å². The second-order valence-electron chi connectivity index (χ2n) is 31.4. The van der Waals surface area contributed by atoms with Crippen LogP contribution in [0.25, 0.3) is 0 Å². The second kappa shape index (κ2) is 28.4. The summed E-state index contributed by atoms with van der Waals surface area (Å²) in [5.74, 6) is -3.13. The van der Waals surface area contributed by atoms with E-state index in [0.717, 1.165) is 12.5 Å². The van der Waals surface area contributed by atoms with E-state index < -0.39 is 275 Å². The summed E-state index contributed by atoms with van der Waals surface area (Å²) in [5, 5.41) is 200. The van der Waals surface area contributed by atoms with Gasteiger partial charge in [-0.1, -0.05) is 53.2 Å². The lowest BCUT2D eigenvalue weighted by Crippen LogP contribution is -2.71. The number of aliphatic hydroxyl groups excluding tert-OH is 17. The molecule has 0 aromatic heterocycles. The summed E-state index contributed by atoms with van der Waals surface area (Å²) in [6, 6.07) is 0. The summed E-state index contributed by atoms with van der Waals surface area (Å²) in [5.41, 5.74) is -6.72. The fourth-order valence-electron chi connectivity index (χ4n) is 19.2. The Morgan fingerprint density at radius 1 is 0.541 bits per heavy atom. The van der Waals surface area contributed by atoms with Crippen molar-refractivity contribution in [2.75, 3.05) is 46.2 Å². The number of hydrogen-bond acceptors (Lipinski definition) is 33. The molecule has 0 amide bonds. The molecule has 5 aliphatic carbocycles. The topological polar surface area (TPSA) is 518 Å². The van der Waals surface area contributed by atoms with Gasteiger partial charge in [0.05, 0.1) is 70.7 Å². The molecule has 18 N–H and O–H groups in total. The highest BCUT2D eigenvalue weighted by molar-refractivity contribution is 5.80. The maximum atomic E-state index is 15.7. The van der Waals surface area contributed by atoms with Crippen LogP contribution in [0.2, 0.25) is 0 Å². The number of esters is 2. The first-order valence-corrected chi connectivity index (χ1v) is 34.1. The monoisotopic (exact) mass is 1410 g/mol. The smallest absolute Gasteiger partial charge is 0.317 e. The molecule has 6 aliphatic heterocycles. The van der Waals surface area contributed by atoms with Crippen molar-refractivity contribution < 1.29 is 163 Å². The van der Waals surface area contributed by atoms with Gasteiger partial charge in [-0.25, -0.2) is 0 Å². The number of fused-ring (bicyclic) bond motifs is 7. The quantitative estimate of drug-likeness (QED) is 0.0366. The van der Waals surface area contributed by atoms with Crippen molar-refractivity contribution in [2.45, 2.75) is 284 Å². The Morgan fingerprint density at radius 3 is 1.80 bits per heavy atom. The van der Waals surface area contributed by atoms with Crippen molar-refractivity contribution in [1.29, 1.82) is 0 Å². The van der Waals surface area contributed by atoms with Gasteiger partial charge in [0, 0.05) is 12.3 Å². The number of aliphatic hydroxyl groups is 18. The summed E-state index contributed by atoms with van der Waals surface area (Å²) in [7, 11) is 0. The van der Waals surface area contributed by atoms with Gasteiger partial charge in [-0.05, 0) is 97.7 Å². The molecule has 33 heteroatoms. The van der Waals surface area contributed by atoms with Crippen molar-refractivity contribution in [3.8, 4) is 0 Å². The molecule has 0 unspecified atom stereocenters. The van der Waals surface area contributed by atoms with Crippen LogP contribution in [0.5, 0.6) is 0 Å². The van der Waals surface area contributed by atoms with E-state index in [2.05, 4.69) is 40.7 Å². The molecule has 37 atom stereocenters. The molecular weight excluding hydrogens is 1310 g/mol. The van der Waals surface area contributed by atoms with Crippen LogP contribution in [0.1, 0.15) is 107 Å². The van der Waals surface area contributed by atoms with E-state index in [1.54, 1.807) is 6.92 Å². The lowest BCUT2D eigenvalue weighted by atomic mass is 9.33. The van der Waals surface area contributed by atoms with E-state index in [-0.39, 0.29) is 30.6 Å². The Balaban J connectivity index is 0.813. The lowest BCUT2D eigenvalue weighted by Gasteiger charge is -2.72. The highest BCUT2D eigenvalue weighted by Crippen LogP contribution is 2.76. The average molecular weight is 1410 g/mol. The van der Waals surface area contributed by atoms with E-state index in [4.69, 9.17) is 61.6 Å². The number of rotatable bonds is 17. The van der Waals surface area contributed by atoms with Crippen molar-refractivity contribution in [2.24, 2.45) is 50.2 Å². The molecule has 11 aliphatic rings. The Labute approximate surface area is 565 Å². The maximum Gasteiger partial charge on any atom is 0.317 e. The molecule has 10 fully saturated rings. The standard InChI is InChI=1S/C65H104O33/c1-25-45(93-52-43(81)46(31(73)21-86-52)94-57-50(83)64(85,23-69)24-88-57)42(80)49(90-26(2)70)56(89-25)96-48-37(75)30(72)20-87-55(48)98-58(84)65-14-13-59(3,4)15-28(65)27-9-10-35-60(5)16-29(71)51(61(6,22-68)34(60)11-12-62(35,7)63(27,8)17-36(65)74)97-54-44(82)47(39(77)33(19-67)92-54)95-53-41(79)40(78)38(76)32(18-66)91-53/h9,25,28-57,66-69,71-83,85H,10-24H2,1-8H3/t25-,28-,29-,30-,31+,32+,33+,34+,35+,36+,37-,38+,39+,40-,41+,42+,43+,44+,45-,46-,47-,48+,49+,50-,51-,52-,53-,54-,55-,56-,57-,60-,61+,62+,63+,64+,65+/m0/s1. The SMILES string of the molecule is CC(=O)O[C@H]1[C@H](O[C@H]2[C@H](OC(=O)[C@]34CCC(C)(C)C[C@H]3C3=CC[C@@H]5[C@@]6(C)C[C@H](O)[C@H](O[C@@H]7O[C@H](CO)[C@@H](O)[C@H](O[C@@H]8O[C@H](CO)[C@@H](O)[C@H](O)[C@H]8O)[C@H]7O)[C@](C)(CO)[C@@H]6CC[C@@]5(C)[C@]3(C)C[C@H]4O)OC[C@H](O)[C@@H]2O)O[C@@H](C)[C@H](O[C@@H]2OC[C@@H](O)[C@H](O[C@@H]3OC[C@](O)(CO)[C@H]3O)[C@H]2O)[C@H]1O. The van der Waals surface area contributed by atoms with E-state index in [1.807, 2.05) is 0 Å². The van der Waals surface area contributed by atoms with Gasteiger partial charge in [-0.15, -0.1) is 0 Å². The van der Waals surface area contributed by atoms with E-state index >= 15 is 4.79 Å². The molecule has 4 saturated carbocycles. The molecule has 6 saturated heterocycles. The van der Waals surface area contributed by atoms with Crippen LogP contribution in [-0.2, 0) is 71.2 Å². The average Bonchev–Trinajstić information content (AvgIpc) is 0.697.